The Hall–Kier alpha value is -1.48. The van der Waals surface area contributed by atoms with Crippen LogP contribution >= 0.6 is 0 Å². The summed E-state index contributed by atoms with van der Waals surface area (Å²) < 4.78 is 5.47. The number of Topliss-reactive ketones (excluding diaryl/α,β-unsaturated/α-hetero) is 2. The first-order valence-corrected chi connectivity index (χ1v) is 6.82. The van der Waals surface area contributed by atoms with Crippen molar-refractivity contribution in [3.63, 3.8) is 0 Å². The predicted molar refractivity (Wildman–Crippen MR) is 68.6 cm³/mol. The number of benzene rings is 1. The van der Waals surface area contributed by atoms with Crippen molar-refractivity contribution >= 4 is 11.6 Å². The monoisotopic (exact) mass is 256 g/mol. The number of methoxy groups -OCH3 is 1. The van der Waals surface area contributed by atoms with E-state index in [4.69, 9.17) is 4.74 Å². The molecule has 3 heteroatoms. The van der Waals surface area contributed by atoms with Gasteiger partial charge in [0.15, 0.2) is 11.6 Å². The molecule has 4 bridgehead atoms. The highest BCUT2D eigenvalue weighted by atomic mass is 16.5. The van der Waals surface area contributed by atoms with Gasteiger partial charge in [-0.15, -0.1) is 0 Å². The van der Waals surface area contributed by atoms with Crippen LogP contribution in [0, 0.1) is 23.7 Å². The molecule has 19 heavy (non-hydrogen) atoms. The summed E-state index contributed by atoms with van der Waals surface area (Å²) in [6, 6.07) is 9.95. The molecule has 0 N–H and O–H groups in total. The zero-order chi connectivity index (χ0) is 13.4. The zero-order valence-corrected chi connectivity index (χ0v) is 11.0. The number of hydrogen-bond donors (Lipinski definition) is 0. The largest absolute Gasteiger partial charge is 0.369 e. The highest BCUT2D eigenvalue weighted by Gasteiger charge is 2.85. The van der Waals surface area contributed by atoms with Gasteiger partial charge in [0, 0.05) is 18.9 Å². The Labute approximate surface area is 111 Å². The molecule has 0 saturated heterocycles. The third kappa shape index (κ3) is 1.05. The molecule has 98 valence electrons. The quantitative estimate of drug-likeness (QED) is 0.758. The zero-order valence-electron chi connectivity index (χ0n) is 11.0. The molecule has 1 aromatic carbocycles. The fourth-order valence-corrected chi connectivity index (χ4v) is 4.76. The highest BCUT2D eigenvalue weighted by Crippen LogP contribution is 2.72. The lowest BCUT2D eigenvalue weighted by Gasteiger charge is -2.37. The normalized spacial score (nSPS) is 46.5. The third-order valence-electron chi connectivity index (χ3n) is 5.50. The van der Waals surface area contributed by atoms with Gasteiger partial charge in [0.05, 0.1) is 11.8 Å². The molecule has 4 saturated carbocycles. The van der Waals surface area contributed by atoms with E-state index in [2.05, 4.69) is 6.92 Å². The fraction of sp³-hybridized carbons (Fsp3) is 0.500. The predicted octanol–water partition coefficient (Wildman–Crippen LogP) is 1.82. The van der Waals surface area contributed by atoms with Crippen LogP contribution in [0.25, 0.3) is 0 Å². The number of ether oxygens (including phenoxy) is 1. The number of carbonyl (C=O) groups excluding carboxylic acids is 2. The van der Waals surface area contributed by atoms with Crippen molar-refractivity contribution in [1.29, 1.82) is 0 Å². The Bertz CT molecular complexity index is 579. The van der Waals surface area contributed by atoms with Gasteiger partial charge in [-0.25, -0.2) is 0 Å². The molecular formula is C16H16O3. The number of carbonyl (C=O) groups is 2. The summed E-state index contributed by atoms with van der Waals surface area (Å²) in [4.78, 5) is 25.0. The maximum atomic E-state index is 12.6. The second-order valence-corrected chi connectivity index (χ2v) is 6.04. The summed E-state index contributed by atoms with van der Waals surface area (Å²) in [6.45, 7) is 2.15. The lowest BCUT2D eigenvalue weighted by atomic mass is 9.65. The molecule has 0 amide bonds. The van der Waals surface area contributed by atoms with Crippen LogP contribution in [-0.2, 0) is 14.3 Å². The number of fused-ring (bicyclic) bond motifs is 1. The summed E-state index contributed by atoms with van der Waals surface area (Å²) >= 11 is 0. The average molecular weight is 256 g/mol. The van der Waals surface area contributed by atoms with Crippen molar-refractivity contribution in [1.82, 2.24) is 0 Å². The maximum absolute atomic E-state index is 12.6. The smallest absolute Gasteiger partial charge is 0.176 e. The first kappa shape index (κ1) is 11.4. The molecule has 1 aromatic rings. The van der Waals surface area contributed by atoms with Crippen LogP contribution in [0.2, 0.25) is 0 Å². The van der Waals surface area contributed by atoms with Gasteiger partial charge in [0.25, 0.3) is 0 Å². The van der Waals surface area contributed by atoms with Crippen LogP contribution in [0.3, 0.4) is 0 Å². The van der Waals surface area contributed by atoms with Crippen LogP contribution in [0.15, 0.2) is 30.3 Å². The van der Waals surface area contributed by atoms with Gasteiger partial charge < -0.3 is 4.74 Å². The fourth-order valence-electron chi connectivity index (χ4n) is 4.76. The molecule has 4 aliphatic carbocycles. The molecule has 6 atom stereocenters. The summed E-state index contributed by atoms with van der Waals surface area (Å²) in [5.74, 6) is -0.0447. The number of ketones is 2. The Kier molecular flexibility index (Phi) is 2.00. The molecule has 5 rings (SSSR count). The first-order chi connectivity index (χ1) is 9.14. The molecule has 0 aliphatic heterocycles. The molecule has 2 unspecified atom stereocenters. The average Bonchev–Trinajstić information content (AvgIpc) is 3.09. The summed E-state index contributed by atoms with van der Waals surface area (Å²) in [5.41, 5.74) is 0.351. The van der Waals surface area contributed by atoms with E-state index in [1.54, 1.807) is 7.11 Å². The van der Waals surface area contributed by atoms with E-state index in [-0.39, 0.29) is 29.3 Å². The molecule has 0 radical (unpaired) electrons. The minimum absolute atomic E-state index is 0.0296. The Morgan fingerprint density at radius 1 is 1.16 bits per heavy atom. The van der Waals surface area contributed by atoms with Gasteiger partial charge in [0.2, 0.25) is 0 Å². The Morgan fingerprint density at radius 3 is 2.42 bits per heavy atom. The van der Waals surface area contributed by atoms with Gasteiger partial charge >= 0.3 is 0 Å². The molecule has 4 fully saturated rings. The van der Waals surface area contributed by atoms with E-state index in [0.29, 0.717) is 5.92 Å². The standard InChI is InChI=1S/C16H16O3/c1-8-10(9-6-4-3-5-7-9)11-14(17)13-12(8)16(13,19-2)15(11)18/h3-8,10-13H,1-2H3/t8-,10+,11-,12?,13?,16-/m0/s1. The van der Waals surface area contributed by atoms with Crippen LogP contribution < -0.4 is 0 Å². The molecule has 0 heterocycles. The first-order valence-electron chi connectivity index (χ1n) is 6.82. The lowest BCUT2D eigenvalue weighted by Crippen LogP contribution is -2.45. The second-order valence-electron chi connectivity index (χ2n) is 6.04. The molecule has 4 aliphatic rings. The van der Waals surface area contributed by atoms with Crippen molar-refractivity contribution in [3.8, 4) is 0 Å². The topological polar surface area (TPSA) is 43.4 Å². The Morgan fingerprint density at radius 2 is 1.84 bits per heavy atom. The molecule has 0 spiro atoms. The minimum Gasteiger partial charge on any atom is -0.369 e. The van der Waals surface area contributed by atoms with E-state index in [0.717, 1.165) is 5.56 Å². The van der Waals surface area contributed by atoms with E-state index >= 15 is 0 Å². The van der Waals surface area contributed by atoms with Crippen molar-refractivity contribution in [2.75, 3.05) is 7.11 Å². The number of rotatable bonds is 2. The number of hydrogen-bond acceptors (Lipinski definition) is 3. The van der Waals surface area contributed by atoms with Gasteiger partial charge in [0.1, 0.15) is 5.60 Å². The minimum atomic E-state index is -0.757. The molecule has 0 aromatic heterocycles. The molecule has 3 nitrogen and oxygen atoms in total. The summed E-state index contributed by atoms with van der Waals surface area (Å²) in [6.07, 6.45) is 0. The second kappa shape index (κ2) is 3.34. The Balaban J connectivity index is 1.82. The van der Waals surface area contributed by atoms with Crippen LogP contribution in [0.4, 0.5) is 0 Å². The molecular weight excluding hydrogens is 240 g/mol. The van der Waals surface area contributed by atoms with Gasteiger partial charge in [-0.1, -0.05) is 37.3 Å². The van der Waals surface area contributed by atoms with E-state index < -0.39 is 11.5 Å². The van der Waals surface area contributed by atoms with Gasteiger partial charge in [-0.2, -0.15) is 0 Å². The third-order valence-corrected chi connectivity index (χ3v) is 5.50. The summed E-state index contributed by atoms with van der Waals surface area (Å²) in [7, 11) is 1.57. The van der Waals surface area contributed by atoms with E-state index in [9.17, 15) is 9.59 Å². The van der Waals surface area contributed by atoms with Crippen molar-refractivity contribution in [2.45, 2.75) is 18.4 Å². The highest BCUT2D eigenvalue weighted by molar-refractivity contribution is 6.21. The van der Waals surface area contributed by atoms with Gasteiger partial charge in [-0.3, -0.25) is 9.59 Å². The van der Waals surface area contributed by atoms with Crippen molar-refractivity contribution in [3.05, 3.63) is 35.9 Å². The van der Waals surface area contributed by atoms with E-state index in [1.807, 2.05) is 30.3 Å². The van der Waals surface area contributed by atoms with E-state index in [1.165, 1.54) is 0 Å². The SMILES string of the molecule is CO[C@]12C(=O)[C@@H]3C(=O)C1C2[C@@H](C)[C@@H]3c1ccccc1. The van der Waals surface area contributed by atoms with Gasteiger partial charge in [-0.05, 0) is 11.5 Å². The summed E-state index contributed by atoms with van der Waals surface area (Å²) in [5, 5.41) is 0. The maximum Gasteiger partial charge on any atom is 0.176 e. The van der Waals surface area contributed by atoms with Crippen LogP contribution in [0.1, 0.15) is 18.4 Å². The van der Waals surface area contributed by atoms with Crippen molar-refractivity contribution < 1.29 is 14.3 Å². The van der Waals surface area contributed by atoms with Crippen molar-refractivity contribution in [2.24, 2.45) is 23.7 Å². The van der Waals surface area contributed by atoms with Crippen LogP contribution in [0.5, 0.6) is 0 Å². The lowest BCUT2D eigenvalue weighted by molar-refractivity contribution is -0.142. The van der Waals surface area contributed by atoms with Crippen LogP contribution in [-0.4, -0.2) is 24.3 Å².